The number of hydrogen-bond acceptors (Lipinski definition) is 5. The van der Waals surface area contributed by atoms with Gasteiger partial charge < -0.3 is 10.1 Å². The Labute approximate surface area is 151 Å². The van der Waals surface area contributed by atoms with Crippen LogP contribution in [0, 0.1) is 12.8 Å². The van der Waals surface area contributed by atoms with E-state index in [4.69, 9.17) is 8.92 Å². The van der Waals surface area contributed by atoms with Gasteiger partial charge in [0.15, 0.2) is 0 Å². The largest absolute Gasteiger partial charge is 0.444 e. The fourth-order valence-electron chi connectivity index (χ4n) is 2.01. The molecule has 0 radical (unpaired) electrons. The van der Waals surface area contributed by atoms with Gasteiger partial charge in [-0.3, -0.25) is 4.18 Å². The van der Waals surface area contributed by atoms with Gasteiger partial charge in [0.05, 0.1) is 11.5 Å². The van der Waals surface area contributed by atoms with Gasteiger partial charge in [0, 0.05) is 6.54 Å². The molecule has 142 valence electrons. The summed E-state index contributed by atoms with van der Waals surface area (Å²) in [6, 6.07) is 6.56. The molecule has 7 heteroatoms. The Hall–Kier alpha value is -1.60. The molecule has 0 heterocycles. The molecule has 0 aliphatic heterocycles. The van der Waals surface area contributed by atoms with Gasteiger partial charge in [0.25, 0.3) is 10.1 Å². The lowest BCUT2D eigenvalue weighted by atomic mass is 10.1. The van der Waals surface area contributed by atoms with E-state index >= 15 is 0 Å². The molecule has 0 unspecified atom stereocenters. The van der Waals surface area contributed by atoms with E-state index in [-0.39, 0.29) is 17.4 Å². The Morgan fingerprint density at radius 2 is 1.76 bits per heavy atom. The van der Waals surface area contributed by atoms with Crippen molar-refractivity contribution in [1.82, 2.24) is 5.32 Å². The molecule has 0 aliphatic rings. The maximum atomic E-state index is 12.1. The summed E-state index contributed by atoms with van der Waals surface area (Å²) >= 11 is 0. The Bertz CT molecular complexity index is 647. The second-order valence-corrected chi connectivity index (χ2v) is 8.82. The average Bonchev–Trinajstić information content (AvgIpc) is 2.45. The number of rotatable bonds is 8. The smallest absolute Gasteiger partial charge is 0.407 e. The van der Waals surface area contributed by atoms with Crippen molar-refractivity contribution in [2.75, 3.05) is 13.2 Å². The van der Waals surface area contributed by atoms with Crippen molar-refractivity contribution in [2.45, 2.75) is 58.0 Å². The first kappa shape index (κ1) is 21.4. The molecule has 0 saturated carbocycles. The SMILES string of the molecule is Cc1ccc(S(=O)(=O)OCC[C@@H](C)CCNC(=O)OC(C)(C)C)cc1. The summed E-state index contributed by atoms with van der Waals surface area (Å²) < 4.78 is 34.4. The highest BCUT2D eigenvalue weighted by Gasteiger charge is 2.17. The molecule has 1 rings (SSSR count). The maximum absolute atomic E-state index is 12.1. The number of aryl methyl sites for hydroxylation is 1. The van der Waals surface area contributed by atoms with E-state index in [1.807, 2.05) is 13.8 Å². The normalized spacial score (nSPS) is 13.3. The Morgan fingerprint density at radius 3 is 2.32 bits per heavy atom. The lowest BCUT2D eigenvalue weighted by molar-refractivity contribution is 0.0525. The van der Waals surface area contributed by atoms with Crippen LogP contribution in [0.2, 0.25) is 0 Å². The minimum atomic E-state index is -3.72. The predicted octanol–water partition coefficient (Wildman–Crippen LogP) is 3.64. The molecule has 1 aromatic carbocycles. The van der Waals surface area contributed by atoms with Crippen molar-refractivity contribution in [3.05, 3.63) is 29.8 Å². The van der Waals surface area contributed by atoms with Crippen molar-refractivity contribution in [2.24, 2.45) is 5.92 Å². The minimum Gasteiger partial charge on any atom is -0.444 e. The molecule has 0 fully saturated rings. The molecule has 25 heavy (non-hydrogen) atoms. The van der Waals surface area contributed by atoms with Crippen LogP contribution in [0.1, 0.15) is 46.1 Å². The zero-order valence-corrected chi connectivity index (χ0v) is 16.5. The van der Waals surface area contributed by atoms with Gasteiger partial charge in [-0.1, -0.05) is 24.6 Å². The van der Waals surface area contributed by atoms with Gasteiger partial charge in [-0.25, -0.2) is 4.79 Å². The number of alkyl carbamates (subject to hydrolysis) is 1. The monoisotopic (exact) mass is 371 g/mol. The third kappa shape index (κ3) is 8.88. The second-order valence-electron chi connectivity index (χ2n) is 7.20. The fraction of sp³-hybridized carbons (Fsp3) is 0.611. The van der Waals surface area contributed by atoms with Crippen molar-refractivity contribution in [3.63, 3.8) is 0 Å². The lowest BCUT2D eigenvalue weighted by Crippen LogP contribution is -2.33. The van der Waals surface area contributed by atoms with Crippen LogP contribution < -0.4 is 5.32 Å². The number of carbonyl (C=O) groups excluding carboxylic acids is 1. The van der Waals surface area contributed by atoms with Gasteiger partial charge in [-0.2, -0.15) is 8.42 Å². The Kier molecular flexibility index (Phi) is 7.89. The van der Waals surface area contributed by atoms with Crippen molar-refractivity contribution in [1.29, 1.82) is 0 Å². The summed E-state index contributed by atoms with van der Waals surface area (Å²) in [6.07, 6.45) is 0.853. The molecule has 1 amide bonds. The molecule has 0 saturated heterocycles. The number of hydrogen-bond donors (Lipinski definition) is 1. The first-order chi connectivity index (χ1) is 11.5. The zero-order chi connectivity index (χ0) is 19.1. The molecule has 0 spiro atoms. The molecule has 0 bridgehead atoms. The first-order valence-corrected chi connectivity index (χ1v) is 9.83. The summed E-state index contributed by atoms with van der Waals surface area (Å²) in [6.45, 7) is 9.89. The quantitative estimate of drug-likeness (QED) is 0.706. The summed E-state index contributed by atoms with van der Waals surface area (Å²) in [5.74, 6) is 0.211. The van der Waals surface area contributed by atoms with E-state index < -0.39 is 21.8 Å². The summed E-state index contributed by atoms with van der Waals surface area (Å²) in [5.41, 5.74) is 0.471. The van der Waals surface area contributed by atoms with Gasteiger partial charge in [0.2, 0.25) is 0 Å². The molecular weight excluding hydrogens is 342 g/mol. The summed E-state index contributed by atoms with van der Waals surface area (Å²) in [4.78, 5) is 11.7. The standard InChI is InChI=1S/C18H29NO5S/c1-14-6-8-16(9-7-14)25(21,22)23-13-11-15(2)10-12-19-17(20)24-18(3,4)5/h6-9,15H,10-13H2,1-5H3,(H,19,20)/t15-/m0/s1. The second kappa shape index (κ2) is 9.20. The van der Waals surface area contributed by atoms with Crippen LogP contribution in [0.15, 0.2) is 29.2 Å². The van der Waals surface area contributed by atoms with Gasteiger partial charge in [-0.15, -0.1) is 0 Å². The first-order valence-electron chi connectivity index (χ1n) is 8.42. The van der Waals surface area contributed by atoms with Crippen molar-refractivity contribution < 1.29 is 22.1 Å². The molecule has 1 N–H and O–H groups in total. The molecule has 1 atom stereocenters. The fourth-order valence-corrected chi connectivity index (χ4v) is 2.93. The number of ether oxygens (including phenoxy) is 1. The highest BCUT2D eigenvalue weighted by Crippen LogP contribution is 2.15. The number of carbonyl (C=O) groups is 1. The van der Waals surface area contributed by atoms with Crippen LogP contribution >= 0.6 is 0 Å². The highest BCUT2D eigenvalue weighted by atomic mass is 32.2. The van der Waals surface area contributed by atoms with E-state index in [0.717, 1.165) is 5.56 Å². The van der Waals surface area contributed by atoms with E-state index in [2.05, 4.69) is 5.32 Å². The number of benzene rings is 1. The zero-order valence-electron chi connectivity index (χ0n) is 15.7. The third-order valence-electron chi connectivity index (χ3n) is 3.46. The summed E-state index contributed by atoms with van der Waals surface area (Å²) in [5, 5.41) is 2.69. The van der Waals surface area contributed by atoms with Gasteiger partial charge in [-0.05, 0) is 58.6 Å². The average molecular weight is 371 g/mol. The third-order valence-corrected chi connectivity index (χ3v) is 4.79. The molecule has 0 aliphatic carbocycles. The van der Waals surface area contributed by atoms with Crippen LogP contribution in [0.25, 0.3) is 0 Å². The van der Waals surface area contributed by atoms with Crippen molar-refractivity contribution in [3.8, 4) is 0 Å². The van der Waals surface area contributed by atoms with Crippen LogP contribution in [0.4, 0.5) is 4.79 Å². The lowest BCUT2D eigenvalue weighted by Gasteiger charge is -2.20. The predicted molar refractivity (Wildman–Crippen MR) is 97.0 cm³/mol. The minimum absolute atomic E-state index is 0.115. The topological polar surface area (TPSA) is 81.7 Å². The number of amides is 1. The van der Waals surface area contributed by atoms with Gasteiger partial charge >= 0.3 is 6.09 Å². The molecule has 1 aromatic rings. The van der Waals surface area contributed by atoms with E-state index in [0.29, 0.717) is 19.4 Å². The van der Waals surface area contributed by atoms with Crippen LogP contribution in [-0.2, 0) is 19.0 Å². The molecule has 6 nitrogen and oxygen atoms in total. The van der Waals surface area contributed by atoms with E-state index in [1.165, 1.54) is 0 Å². The van der Waals surface area contributed by atoms with Crippen LogP contribution in [0.3, 0.4) is 0 Å². The molecular formula is C18H29NO5S. The van der Waals surface area contributed by atoms with Crippen LogP contribution in [0.5, 0.6) is 0 Å². The van der Waals surface area contributed by atoms with Crippen molar-refractivity contribution >= 4 is 16.2 Å². The Morgan fingerprint density at radius 1 is 1.16 bits per heavy atom. The van der Waals surface area contributed by atoms with Crippen LogP contribution in [-0.4, -0.2) is 33.3 Å². The molecule has 0 aromatic heterocycles. The highest BCUT2D eigenvalue weighted by molar-refractivity contribution is 7.86. The van der Waals surface area contributed by atoms with E-state index in [9.17, 15) is 13.2 Å². The van der Waals surface area contributed by atoms with Gasteiger partial charge in [0.1, 0.15) is 5.60 Å². The maximum Gasteiger partial charge on any atom is 0.407 e. The Balaban J connectivity index is 2.29. The van der Waals surface area contributed by atoms with E-state index in [1.54, 1.807) is 45.0 Å². The summed E-state index contributed by atoms with van der Waals surface area (Å²) in [7, 11) is -3.72. The number of nitrogens with one attached hydrogen (secondary N) is 1.